The maximum absolute atomic E-state index is 12.8. The third-order valence-electron chi connectivity index (χ3n) is 4.14. The van der Waals surface area contributed by atoms with Gasteiger partial charge in [0, 0.05) is 37.6 Å². The molecule has 5 nitrogen and oxygen atoms in total. The molecule has 2 aromatic rings. The molecule has 1 aromatic heterocycles. The number of aromatic nitrogens is 1. The molecule has 1 saturated heterocycles. The number of hydrogen-bond acceptors (Lipinski definition) is 4. The van der Waals surface area contributed by atoms with E-state index in [4.69, 9.17) is 4.74 Å². The van der Waals surface area contributed by atoms with E-state index in [1.807, 2.05) is 41.3 Å². The topological polar surface area (TPSA) is 54.5 Å². The Balaban J connectivity index is 1.82. The lowest BCUT2D eigenvalue weighted by Gasteiger charge is -2.37. The zero-order valence-electron chi connectivity index (χ0n) is 13.2. The van der Waals surface area contributed by atoms with Gasteiger partial charge < -0.3 is 15.0 Å². The van der Waals surface area contributed by atoms with Crippen molar-refractivity contribution in [2.24, 2.45) is 0 Å². The molecule has 1 aliphatic rings. The zero-order valence-corrected chi connectivity index (χ0v) is 13.2. The summed E-state index contributed by atoms with van der Waals surface area (Å²) in [4.78, 5) is 18.8. The second kappa shape index (κ2) is 7.24. The molecule has 1 fully saturated rings. The molecule has 23 heavy (non-hydrogen) atoms. The number of hydrogen-bond donors (Lipinski definition) is 1. The van der Waals surface area contributed by atoms with Crippen molar-refractivity contribution in [2.45, 2.75) is 12.5 Å². The number of pyridine rings is 1. The molecule has 0 spiro atoms. The molecule has 0 radical (unpaired) electrons. The van der Waals surface area contributed by atoms with Gasteiger partial charge in [-0.15, -0.1) is 0 Å². The van der Waals surface area contributed by atoms with E-state index < -0.39 is 0 Å². The summed E-state index contributed by atoms with van der Waals surface area (Å²) >= 11 is 0. The Bertz CT molecular complexity index is 660. The van der Waals surface area contributed by atoms with E-state index in [9.17, 15) is 4.79 Å². The van der Waals surface area contributed by atoms with Gasteiger partial charge in [0.05, 0.1) is 19.6 Å². The Morgan fingerprint density at radius 3 is 3.00 bits per heavy atom. The van der Waals surface area contributed by atoms with Crippen molar-refractivity contribution in [3.63, 3.8) is 0 Å². The number of amides is 1. The van der Waals surface area contributed by atoms with E-state index in [1.54, 1.807) is 19.5 Å². The Morgan fingerprint density at radius 2 is 2.22 bits per heavy atom. The summed E-state index contributed by atoms with van der Waals surface area (Å²) in [7, 11) is 1.66. The van der Waals surface area contributed by atoms with Gasteiger partial charge in [0.1, 0.15) is 5.75 Å². The summed E-state index contributed by atoms with van der Waals surface area (Å²) in [5.41, 5.74) is 1.98. The normalized spacial score (nSPS) is 17.8. The number of carbonyl (C=O) groups is 1. The highest BCUT2D eigenvalue weighted by molar-refractivity contribution is 5.79. The first-order chi connectivity index (χ1) is 11.3. The lowest BCUT2D eigenvalue weighted by atomic mass is 10.0. The van der Waals surface area contributed by atoms with Crippen LogP contribution in [0.25, 0.3) is 0 Å². The van der Waals surface area contributed by atoms with Crippen LogP contribution in [0.3, 0.4) is 0 Å². The van der Waals surface area contributed by atoms with Gasteiger partial charge in [-0.2, -0.15) is 0 Å². The van der Waals surface area contributed by atoms with Crippen LogP contribution in [0.15, 0.2) is 48.8 Å². The molecular weight excluding hydrogens is 290 g/mol. The number of nitrogens with one attached hydrogen (secondary N) is 1. The fraction of sp³-hybridized carbons (Fsp3) is 0.333. The first-order valence-corrected chi connectivity index (χ1v) is 7.81. The van der Waals surface area contributed by atoms with E-state index in [-0.39, 0.29) is 11.9 Å². The summed E-state index contributed by atoms with van der Waals surface area (Å²) in [5, 5.41) is 3.37. The minimum absolute atomic E-state index is 0.0101. The highest BCUT2D eigenvalue weighted by Crippen LogP contribution is 2.30. The number of carbonyl (C=O) groups excluding carboxylic acids is 1. The van der Waals surface area contributed by atoms with Gasteiger partial charge in [-0.05, 0) is 17.7 Å². The van der Waals surface area contributed by atoms with Crippen molar-refractivity contribution >= 4 is 5.91 Å². The number of piperazine rings is 1. The van der Waals surface area contributed by atoms with Crippen molar-refractivity contribution < 1.29 is 9.53 Å². The van der Waals surface area contributed by atoms with Crippen molar-refractivity contribution in [3.05, 3.63) is 59.9 Å². The SMILES string of the molecule is COc1ccccc1C1CNCCN1C(=O)Cc1cccnc1. The van der Waals surface area contributed by atoms with Crippen LogP contribution in [0.5, 0.6) is 5.75 Å². The van der Waals surface area contributed by atoms with Crippen LogP contribution in [0.2, 0.25) is 0 Å². The van der Waals surface area contributed by atoms with Gasteiger partial charge in [-0.1, -0.05) is 24.3 Å². The van der Waals surface area contributed by atoms with Gasteiger partial charge >= 0.3 is 0 Å². The second-order valence-corrected chi connectivity index (χ2v) is 5.59. The van der Waals surface area contributed by atoms with Crippen LogP contribution in [0.4, 0.5) is 0 Å². The molecule has 3 rings (SSSR count). The van der Waals surface area contributed by atoms with Crippen LogP contribution >= 0.6 is 0 Å². The molecule has 2 heterocycles. The van der Waals surface area contributed by atoms with Crippen molar-refractivity contribution in [1.29, 1.82) is 0 Å². The van der Waals surface area contributed by atoms with Gasteiger partial charge in [0.25, 0.3) is 0 Å². The molecule has 0 saturated carbocycles. The van der Waals surface area contributed by atoms with Crippen molar-refractivity contribution in [3.8, 4) is 5.75 Å². The Morgan fingerprint density at radius 1 is 1.35 bits per heavy atom. The molecule has 1 unspecified atom stereocenters. The summed E-state index contributed by atoms with van der Waals surface area (Å²) in [5.74, 6) is 0.941. The number of nitrogens with zero attached hydrogens (tertiary/aromatic N) is 2. The lowest BCUT2D eigenvalue weighted by Crippen LogP contribution is -2.49. The van der Waals surface area contributed by atoms with Gasteiger partial charge in [0.15, 0.2) is 0 Å². The van der Waals surface area contributed by atoms with Crippen LogP contribution in [0.1, 0.15) is 17.2 Å². The molecule has 5 heteroatoms. The van der Waals surface area contributed by atoms with Crippen LogP contribution < -0.4 is 10.1 Å². The van der Waals surface area contributed by atoms with E-state index in [1.165, 1.54) is 0 Å². The van der Waals surface area contributed by atoms with Crippen molar-refractivity contribution in [2.75, 3.05) is 26.7 Å². The molecule has 1 amide bonds. The molecule has 1 aromatic carbocycles. The Kier molecular flexibility index (Phi) is 4.88. The van der Waals surface area contributed by atoms with E-state index >= 15 is 0 Å². The minimum Gasteiger partial charge on any atom is -0.496 e. The molecule has 120 valence electrons. The predicted molar refractivity (Wildman–Crippen MR) is 88.3 cm³/mol. The Labute approximate surface area is 136 Å². The van der Waals surface area contributed by atoms with Gasteiger partial charge in [-0.3, -0.25) is 9.78 Å². The predicted octanol–water partition coefficient (Wildman–Crippen LogP) is 1.81. The van der Waals surface area contributed by atoms with Gasteiger partial charge in [0.2, 0.25) is 5.91 Å². The highest BCUT2D eigenvalue weighted by atomic mass is 16.5. The Hall–Kier alpha value is -2.40. The molecule has 1 N–H and O–H groups in total. The first kappa shape index (κ1) is 15.5. The number of methoxy groups -OCH3 is 1. The van der Waals surface area contributed by atoms with Crippen LogP contribution in [-0.2, 0) is 11.2 Å². The number of ether oxygens (including phenoxy) is 1. The third-order valence-corrected chi connectivity index (χ3v) is 4.14. The molecule has 1 atom stereocenters. The number of benzene rings is 1. The quantitative estimate of drug-likeness (QED) is 0.935. The average molecular weight is 311 g/mol. The van der Waals surface area contributed by atoms with Crippen LogP contribution in [0, 0.1) is 0 Å². The summed E-state index contributed by atoms with van der Waals surface area (Å²) in [6.07, 6.45) is 3.84. The molecular formula is C18H21N3O2. The third kappa shape index (κ3) is 3.51. The van der Waals surface area contributed by atoms with E-state index in [0.717, 1.165) is 30.0 Å². The smallest absolute Gasteiger partial charge is 0.227 e. The maximum atomic E-state index is 12.8. The largest absolute Gasteiger partial charge is 0.496 e. The lowest BCUT2D eigenvalue weighted by molar-refractivity contribution is -0.133. The average Bonchev–Trinajstić information content (AvgIpc) is 2.62. The molecule has 0 bridgehead atoms. The highest BCUT2D eigenvalue weighted by Gasteiger charge is 2.29. The summed E-state index contributed by atoms with van der Waals surface area (Å²) < 4.78 is 5.47. The monoisotopic (exact) mass is 311 g/mol. The maximum Gasteiger partial charge on any atom is 0.227 e. The minimum atomic E-state index is -0.0101. The van der Waals surface area contributed by atoms with Gasteiger partial charge in [-0.25, -0.2) is 0 Å². The van der Waals surface area contributed by atoms with E-state index in [2.05, 4.69) is 10.3 Å². The van der Waals surface area contributed by atoms with Crippen LogP contribution in [-0.4, -0.2) is 42.5 Å². The van der Waals surface area contributed by atoms with Crippen molar-refractivity contribution in [1.82, 2.24) is 15.2 Å². The summed E-state index contributed by atoms with van der Waals surface area (Å²) in [6, 6.07) is 11.7. The summed E-state index contributed by atoms with van der Waals surface area (Å²) in [6.45, 7) is 2.24. The standard InChI is InChI=1S/C18H21N3O2/c1-23-17-7-3-2-6-15(17)16-13-20-9-10-21(16)18(22)11-14-5-4-8-19-12-14/h2-8,12,16,20H,9-11,13H2,1H3. The first-order valence-electron chi connectivity index (χ1n) is 7.81. The zero-order chi connectivity index (χ0) is 16.1. The molecule has 1 aliphatic heterocycles. The van der Waals surface area contributed by atoms with E-state index in [0.29, 0.717) is 13.0 Å². The fourth-order valence-electron chi connectivity index (χ4n) is 3.00. The second-order valence-electron chi connectivity index (χ2n) is 5.59. The fourth-order valence-corrected chi connectivity index (χ4v) is 3.00. The molecule has 0 aliphatic carbocycles. The number of para-hydroxylation sites is 1. The number of rotatable bonds is 4.